The summed E-state index contributed by atoms with van der Waals surface area (Å²) in [6.45, 7) is 8.97. The van der Waals surface area contributed by atoms with Crippen LogP contribution in [0.25, 0.3) is 0 Å². The van der Waals surface area contributed by atoms with Gasteiger partial charge in [-0.2, -0.15) is 0 Å². The van der Waals surface area contributed by atoms with Gasteiger partial charge in [-0.25, -0.2) is 8.42 Å². The Morgan fingerprint density at radius 3 is 2.12 bits per heavy atom. The van der Waals surface area contributed by atoms with Crippen LogP contribution in [-0.2, 0) is 14.6 Å². The molecule has 0 heterocycles. The van der Waals surface area contributed by atoms with Gasteiger partial charge >= 0.3 is 0 Å². The molecule has 0 aliphatic heterocycles. The second-order valence-electron chi connectivity index (χ2n) is 7.02. The Labute approximate surface area is 152 Å². The molecule has 1 aromatic carbocycles. The van der Waals surface area contributed by atoms with Crippen LogP contribution in [0.15, 0.2) is 24.3 Å². The summed E-state index contributed by atoms with van der Waals surface area (Å²) in [5.74, 6) is 0.115. The highest BCUT2D eigenvalue weighted by Gasteiger charge is 2.18. The summed E-state index contributed by atoms with van der Waals surface area (Å²) in [6, 6.07) is 8.66. The largest absolute Gasteiger partial charge is 0.370 e. The highest BCUT2D eigenvalue weighted by Crippen LogP contribution is 2.25. The molecular weight excluding hydrogens is 336 g/mol. The summed E-state index contributed by atoms with van der Waals surface area (Å²) in [7, 11) is -3.26. The van der Waals surface area contributed by atoms with Gasteiger partial charge in [-0.3, -0.25) is 4.79 Å². The Hall–Kier alpha value is -1.40. The van der Waals surface area contributed by atoms with E-state index in [0.717, 1.165) is 12.0 Å². The molecule has 1 amide bonds. The van der Waals surface area contributed by atoms with Crippen molar-refractivity contribution in [1.82, 2.24) is 5.32 Å². The van der Waals surface area contributed by atoms with Crippen molar-refractivity contribution in [1.29, 1.82) is 0 Å². The molecule has 0 saturated heterocycles. The van der Waals surface area contributed by atoms with E-state index in [0.29, 0.717) is 18.4 Å². The first kappa shape index (κ1) is 21.6. The highest BCUT2D eigenvalue weighted by atomic mass is 32.2. The summed E-state index contributed by atoms with van der Waals surface area (Å²) >= 11 is 0. The fraction of sp³-hybridized carbons (Fsp3) is 0.632. The predicted octanol–water partition coefficient (Wildman–Crippen LogP) is 2.78. The van der Waals surface area contributed by atoms with Crippen LogP contribution in [0.2, 0.25) is 0 Å². The van der Waals surface area contributed by atoms with Crippen LogP contribution in [0, 0.1) is 5.92 Å². The molecule has 0 spiro atoms. The zero-order valence-electron chi connectivity index (χ0n) is 15.8. The molecule has 6 heteroatoms. The monoisotopic (exact) mass is 368 g/mol. The smallest absolute Gasteiger partial charge is 0.218 e. The van der Waals surface area contributed by atoms with Gasteiger partial charge in [0.05, 0.1) is 11.5 Å². The Morgan fingerprint density at radius 2 is 1.64 bits per heavy atom. The number of carbonyl (C=O) groups excluding carboxylic acids is 1. The molecule has 25 heavy (non-hydrogen) atoms. The van der Waals surface area contributed by atoms with Crippen LogP contribution in [0.1, 0.15) is 63.6 Å². The number of primary amides is 1. The second kappa shape index (κ2) is 9.92. The van der Waals surface area contributed by atoms with Gasteiger partial charge in [0.25, 0.3) is 0 Å². The van der Waals surface area contributed by atoms with Crippen LogP contribution >= 0.6 is 0 Å². The lowest BCUT2D eigenvalue weighted by molar-refractivity contribution is -0.117. The predicted molar refractivity (Wildman–Crippen MR) is 103 cm³/mol. The van der Waals surface area contributed by atoms with Gasteiger partial charge in [-0.1, -0.05) is 52.0 Å². The van der Waals surface area contributed by atoms with Crippen LogP contribution in [-0.4, -0.2) is 32.4 Å². The molecule has 5 nitrogen and oxygen atoms in total. The molecule has 0 fully saturated rings. The number of sulfone groups is 1. The van der Waals surface area contributed by atoms with E-state index in [2.05, 4.69) is 57.3 Å². The van der Waals surface area contributed by atoms with E-state index in [1.54, 1.807) is 0 Å². The third kappa shape index (κ3) is 7.57. The van der Waals surface area contributed by atoms with Crippen LogP contribution in [0.4, 0.5) is 0 Å². The van der Waals surface area contributed by atoms with Crippen molar-refractivity contribution in [3.63, 3.8) is 0 Å². The zero-order valence-corrected chi connectivity index (χ0v) is 16.6. The van der Waals surface area contributed by atoms with Gasteiger partial charge in [-0.05, 0) is 29.4 Å². The van der Waals surface area contributed by atoms with E-state index < -0.39 is 15.7 Å². The van der Waals surface area contributed by atoms with E-state index in [1.807, 2.05) is 0 Å². The molecule has 0 radical (unpaired) electrons. The average molecular weight is 369 g/mol. The van der Waals surface area contributed by atoms with Gasteiger partial charge < -0.3 is 11.1 Å². The number of rotatable bonds is 11. The van der Waals surface area contributed by atoms with Crippen molar-refractivity contribution in [3.8, 4) is 0 Å². The Morgan fingerprint density at radius 1 is 1.08 bits per heavy atom. The minimum atomic E-state index is -3.26. The minimum Gasteiger partial charge on any atom is -0.370 e. The lowest BCUT2D eigenvalue weighted by atomic mass is 9.92. The number of amides is 1. The van der Waals surface area contributed by atoms with Crippen LogP contribution in [0.5, 0.6) is 0 Å². The average Bonchev–Trinajstić information content (AvgIpc) is 2.56. The van der Waals surface area contributed by atoms with Crippen molar-refractivity contribution in [2.45, 2.75) is 52.5 Å². The van der Waals surface area contributed by atoms with Crippen molar-refractivity contribution in [2.24, 2.45) is 11.7 Å². The standard InChI is InChI=1S/C19H32N2O3S/c1-5-15(4)16-6-8-17(9-7-16)19(14(2)3)21-11-13-25(23,24)12-10-18(20)22/h6-9,14-15,19,21H,5,10-13H2,1-4H3,(H2,20,22)/t15-,19-/m1/s1. The zero-order chi connectivity index (χ0) is 19.0. The summed E-state index contributed by atoms with van der Waals surface area (Å²) in [4.78, 5) is 10.7. The Kier molecular flexibility index (Phi) is 8.59. The lowest BCUT2D eigenvalue weighted by Gasteiger charge is -2.23. The first-order valence-corrected chi connectivity index (χ1v) is 10.8. The molecule has 0 aromatic heterocycles. The van der Waals surface area contributed by atoms with E-state index in [-0.39, 0.29) is 24.0 Å². The normalized spacial score (nSPS) is 14.4. The molecule has 3 N–H and O–H groups in total. The first-order valence-electron chi connectivity index (χ1n) is 8.98. The number of nitrogens with two attached hydrogens (primary N) is 1. The van der Waals surface area contributed by atoms with E-state index in [1.165, 1.54) is 5.56 Å². The third-order valence-corrected chi connectivity index (χ3v) is 6.23. The molecule has 0 saturated carbocycles. The van der Waals surface area contributed by atoms with Gasteiger partial charge in [0.1, 0.15) is 0 Å². The Balaban J connectivity index is 2.67. The molecule has 2 atom stereocenters. The molecule has 142 valence electrons. The van der Waals surface area contributed by atoms with E-state index in [4.69, 9.17) is 5.73 Å². The van der Waals surface area contributed by atoms with E-state index in [9.17, 15) is 13.2 Å². The van der Waals surface area contributed by atoms with Crippen molar-refractivity contribution >= 4 is 15.7 Å². The molecule has 0 unspecified atom stereocenters. The Bertz CT molecular complexity index is 639. The number of hydrogen-bond donors (Lipinski definition) is 2. The van der Waals surface area contributed by atoms with E-state index >= 15 is 0 Å². The molecule has 0 aliphatic carbocycles. The van der Waals surface area contributed by atoms with Gasteiger partial charge in [0, 0.05) is 19.0 Å². The molecule has 0 bridgehead atoms. The summed E-state index contributed by atoms with van der Waals surface area (Å²) in [5.41, 5.74) is 7.50. The highest BCUT2D eigenvalue weighted by molar-refractivity contribution is 7.91. The van der Waals surface area contributed by atoms with Crippen LogP contribution < -0.4 is 11.1 Å². The quantitative estimate of drug-likeness (QED) is 0.628. The minimum absolute atomic E-state index is 0.00839. The second-order valence-corrected chi connectivity index (χ2v) is 9.32. The molecule has 1 rings (SSSR count). The maximum absolute atomic E-state index is 11.9. The van der Waals surface area contributed by atoms with Crippen LogP contribution in [0.3, 0.4) is 0 Å². The maximum Gasteiger partial charge on any atom is 0.218 e. The first-order chi connectivity index (χ1) is 11.7. The van der Waals surface area contributed by atoms with Gasteiger partial charge in [0.2, 0.25) is 5.91 Å². The number of benzene rings is 1. The fourth-order valence-electron chi connectivity index (χ4n) is 2.73. The number of nitrogens with one attached hydrogen (secondary N) is 1. The number of carbonyl (C=O) groups is 1. The topological polar surface area (TPSA) is 89.3 Å². The van der Waals surface area contributed by atoms with Crippen molar-refractivity contribution in [3.05, 3.63) is 35.4 Å². The fourth-order valence-corrected chi connectivity index (χ4v) is 3.88. The van der Waals surface area contributed by atoms with Gasteiger partial charge in [0.15, 0.2) is 9.84 Å². The molecular formula is C19H32N2O3S. The van der Waals surface area contributed by atoms with Crippen molar-refractivity contribution < 1.29 is 13.2 Å². The summed E-state index contributed by atoms with van der Waals surface area (Å²) < 4.78 is 23.9. The number of hydrogen-bond acceptors (Lipinski definition) is 4. The molecule has 1 aromatic rings. The SMILES string of the molecule is CC[C@@H](C)c1ccc([C@H](NCCS(=O)(=O)CCC(N)=O)C(C)C)cc1. The van der Waals surface area contributed by atoms with Crippen molar-refractivity contribution in [2.75, 3.05) is 18.1 Å². The summed E-state index contributed by atoms with van der Waals surface area (Å²) in [6.07, 6.45) is 0.987. The third-order valence-electron chi connectivity index (χ3n) is 4.58. The summed E-state index contributed by atoms with van der Waals surface area (Å²) in [5, 5.41) is 3.35. The maximum atomic E-state index is 11.9. The van der Waals surface area contributed by atoms with Gasteiger partial charge in [-0.15, -0.1) is 0 Å². The lowest BCUT2D eigenvalue weighted by Crippen LogP contribution is -2.31. The molecule has 0 aliphatic rings.